The number of carbonyl (C=O) groups excluding carboxylic acids is 1. The van der Waals surface area contributed by atoms with Gasteiger partial charge >= 0.3 is 0 Å². The molecule has 0 bridgehead atoms. The summed E-state index contributed by atoms with van der Waals surface area (Å²) in [4.78, 5) is 29.4. The van der Waals surface area contributed by atoms with Crippen LogP contribution in [0.15, 0.2) is 40.4 Å². The lowest BCUT2D eigenvalue weighted by atomic mass is 10.3. The quantitative estimate of drug-likeness (QED) is 0.670. The first-order chi connectivity index (χ1) is 9.95. The number of thioether (sulfide) groups is 1. The molecule has 0 aliphatic heterocycles. The molecule has 1 unspecified atom stereocenters. The van der Waals surface area contributed by atoms with Crippen molar-refractivity contribution in [1.82, 2.24) is 9.97 Å². The molecule has 1 aromatic heterocycles. The van der Waals surface area contributed by atoms with E-state index in [0.717, 1.165) is 23.9 Å². The van der Waals surface area contributed by atoms with Crippen molar-refractivity contribution in [2.24, 2.45) is 0 Å². The van der Waals surface area contributed by atoms with Gasteiger partial charge in [-0.25, -0.2) is 13.8 Å². The van der Waals surface area contributed by atoms with E-state index in [0.29, 0.717) is 5.16 Å². The Hall–Kier alpha value is -2.22. The van der Waals surface area contributed by atoms with Crippen LogP contribution in [0.1, 0.15) is 6.92 Å². The topological polar surface area (TPSA) is 74.8 Å². The van der Waals surface area contributed by atoms with Gasteiger partial charge in [-0.3, -0.25) is 9.59 Å². The lowest BCUT2D eigenvalue weighted by Gasteiger charge is -2.11. The fraction of sp³-hybridized carbons (Fsp3) is 0.154. The fourth-order valence-electron chi connectivity index (χ4n) is 1.45. The Morgan fingerprint density at radius 1 is 1.33 bits per heavy atom. The third kappa shape index (κ3) is 4.12. The fourth-order valence-corrected chi connectivity index (χ4v) is 2.23. The number of H-pyrrole nitrogens is 1. The summed E-state index contributed by atoms with van der Waals surface area (Å²) in [6, 6.07) is 4.35. The van der Waals surface area contributed by atoms with Crippen LogP contribution in [0.2, 0.25) is 0 Å². The van der Waals surface area contributed by atoms with Crippen LogP contribution in [0.25, 0.3) is 0 Å². The van der Waals surface area contributed by atoms with Crippen molar-refractivity contribution in [3.63, 3.8) is 0 Å². The number of nitrogens with zero attached hydrogens (tertiary/aromatic N) is 1. The van der Waals surface area contributed by atoms with E-state index < -0.39 is 22.8 Å². The molecule has 1 amide bonds. The minimum absolute atomic E-state index is 0.154. The summed E-state index contributed by atoms with van der Waals surface area (Å²) in [5, 5.41) is 2.18. The van der Waals surface area contributed by atoms with Crippen molar-refractivity contribution in [3.8, 4) is 0 Å². The molecule has 0 radical (unpaired) electrons. The second kappa shape index (κ2) is 6.49. The molecule has 2 rings (SSSR count). The Balaban J connectivity index is 2.02. The lowest BCUT2D eigenvalue weighted by Crippen LogP contribution is -2.23. The number of rotatable bonds is 4. The highest BCUT2D eigenvalue weighted by atomic mass is 32.2. The first-order valence-electron chi connectivity index (χ1n) is 5.93. The number of anilines is 1. The molecule has 8 heteroatoms. The standard InChI is InChI=1S/C13H11F2N3O2S/c1-7(21-13-16-5-4-11(19)18-13)12(20)17-8-2-3-9(14)10(15)6-8/h2-7H,1H3,(H,17,20)(H,16,18,19). The van der Waals surface area contributed by atoms with Crippen molar-refractivity contribution in [1.29, 1.82) is 0 Å². The zero-order valence-electron chi connectivity index (χ0n) is 10.9. The van der Waals surface area contributed by atoms with Gasteiger partial charge in [-0.1, -0.05) is 11.8 Å². The van der Waals surface area contributed by atoms with Gasteiger partial charge in [-0.05, 0) is 19.1 Å². The molecule has 2 N–H and O–H groups in total. The lowest BCUT2D eigenvalue weighted by molar-refractivity contribution is -0.115. The molecule has 0 saturated carbocycles. The highest BCUT2D eigenvalue weighted by molar-refractivity contribution is 8.00. The number of carbonyl (C=O) groups is 1. The summed E-state index contributed by atoms with van der Waals surface area (Å²) in [6.07, 6.45) is 1.33. The molecule has 0 spiro atoms. The molecule has 1 atom stereocenters. The van der Waals surface area contributed by atoms with Gasteiger partial charge < -0.3 is 10.3 Å². The van der Waals surface area contributed by atoms with Crippen LogP contribution in [-0.4, -0.2) is 21.1 Å². The maximum absolute atomic E-state index is 13.0. The molecule has 0 aliphatic rings. The summed E-state index contributed by atoms with van der Waals surface area (Å²) < 4.78 is 25.8. The summed E-state index contributed by atoms with van der Waals surface area (Å²) in [7, 11) is 0. The predicted octanol–water partition coefficient (Wildman–Crippen LogP) is 2.17. The molecular weight excluding hydrogens is 300 g/mol. The van der Waals surface area contributed by atoms with E-state index in [4.69, 9.17) is 0 Å². The van der Waals surface area contributed by atoms with Gasteiger partial charge in [-0.2, -0.15) is 0 Å². The highest BCUT2D eigenvalue weighted by Gasteiger charge is 2.16. The maximum atomic E-state index is 13.0. The van der Waals surface area contributed by atoms with E-state index in [1.165, 1.54) is 18.3 Å². The largest absolute Gasteiger partial charge is 0.325 e. The normalized spacial score (nSPS) is 12.0. The van der Waals surface area contributed by atoms with Crippen LogP contribution < -0.4 is 10.9 Å². The molecule has 2 aromatic rings. The third-order valence-electron chi connectivity index (χ3n) is 2.49. The predicted molar refractivity (Wildman–Crippen MR) is 75.2 cm³/mol. The van der Waals surface area contributed by atoms with Crippen LogP contribution >= 0.6 is 11.8 Å². The van der Waals surface area contributed by atoms with E-state index in [1.807, 2.05) is 0 Å². The van der Waals surface area contributed by atoms with E-state index >= 15 is 0 Å². The van der Waals surface area contributed by atoms with Crippen molar-refractivity contribution in [3.05, 3.63) is 52.5 Å². The number of hydrogen-bond donors (Lipinski definition) is 2. The summed E-state index contributed by atoms with van der Waals surface area (Å²) in [5.74, 6) is -2.44. The Labute approximate surface area is 122 Å². The molecule has 0 saturated heterocycles. The molecule has 0 aliphatic carbocycles. The number of amides is 1. The Kier molecular flexibility index (Phi) is 4.69. The van der Waals surface area contributed by atoms with E-state index in [1.54, 1.807) is 6.92 Å². The van der Waals surface area contributed by atoms with Gasteiger partial charge in [-0.15, -0.1) is 0 Å². The number of aromatic amines is 1. The number of aromatic nitrogens is 2. The van der Waals surface area contributed by atoms with Gasteiger partial charge in [0.15, 0.2) is 16.8 Å². The van der Waals surface area contributed by atoms with Crippen LogP contribution in [0, 0.1) is 11.6 Å². The number of hydrogen-bond acceptors (Lipinski definition) is 4. The van der Waals surface area contributed by atoms with Gasteiger partial charge in [0, 0.05) is 24.0 Å². The molecular formula is C13H11F2N3O2S. The monoisotopic (exact) mass is 311 g/mol. The molecule has 110 valence electrons. The average Bonchev–Trinajstić information content (AvgIpc) is 2.43. The van der Waals surface area contributed by atoms with E-state index in [-0.39, 0.29) is 11.2 Å². The minimum Gasteiger partial charge on any atom is -0.325 e. The van der Waals surface area contributed by atoms with Crippen LogP contribution in [0.4, 0.5) is 14.5 Å². The minimum atomic E-state index is -1.04. The van der Waals surface area contributed by atoms with Crippen molar-refractivity contribution >= 4 is 23.4 Å². The zero-order chi connectivity index (χ0) is 15.4. The second-order valence-electron chi connectivity index (χ2n) is 4.12. The van der Waals surface area contributed by atoms with E-state index in [2.05, 4.69) is 15.3 Å². The van der Waals surface area contributed by atoms with Crippen LogP contribution in [0.5, 0.6) is 0 Å². The zero-order valence-corrected chi connectivity index (χ0v) is 11.7. The Bertz CT molecular complexity index is 721. The SMILES string of the molecule is CC(Sc1nccc(=O)[nH]1)C(=O)Nc1ccc(F)c(F)c1. The number of nitrogens with one attached hydrogen (secondary N) is 2. The Morgan fingerprint density at radius 3 is 2.76 bits per heavy atom. The number of halogens is 2. The summed E-state index contributed by atoms with van der Waals surface area (Å²) in [5.41, 5.74) is -0.165. The van der Waals surface area contributed by atoms with Crippen LogP contribution in [0.3, 0.4) is 0 Å². The molecule has 0 fully saturated rings. The third-order valence-corrected chi connectivity index (χ3v) is 3.49. The van der Waals surface area contributed by atoms with Gasteiger partial charge in [0.1, 0.15) is 0 Å². The first-order valence-corrected chi connectivity index (χ1v) is 6.81. The smallest absolute Gasteiger partial charge is 0.251 e. The van der Waals surface area contributed by atoms with Gasteiger partial charge in [0.05, 0.1) is 5.25 Å². The molecule has 5 nitrogen and oxygen atoms in total. The van der Waals surface area contributed by atoms with Gasteiger partial charge in [0.2, 0.25) is 5.91 Å². The van der Waals surface area contributed by atoms with Crippen molar-refractivity contribution in [2.45, 2.75) is 17.3 Å². The van der Waals surface area contributed by atoms with Crippen molar-refractivity contribution < 1.29 is 13.6 Å². The summed E-state index contributed by atoms with van der Waals surface area (Å²) >= 11 is 1.05. The first kappa shape index (κ1) is 15.2. The molecule has 1 aromatic carbocycles. The molecule has 21 heavy (non-hydrogen) atoms. The Morgan fingerprint density at radius 2 is 2.10 bits per heavy atom. The van der Waals surface area contributed by atoms with Crippen molar-refractivity contribution in [2.75, 3.05) is 5.32 Å². The number of benzene rings is 1. The molecule has 1 heterocycles. The van der Waals surface area contributed by atoms with E-state index in [9.17, 15) is 18.4 Å². The maximum Gasteiger partial charge on any atom is 0.251 e. The van der Waals surface area contributed by atoms with Crippen LogP contribution in [-0.2, 0) is 4.79 Å². The average molecular weight is 311 g/mol. The summed E-state index contributed by atoms with van der Waals surface area (Å²) in [6.45, 7) is 1.60. The van der Waals surface area contributed by atoms with Gasteiger partial charge in [0.25, 0.3) is 5.56 Å². The second-order valence-corrected chi connectivity index (χ2v) is 5.45. The highest BCUT2D eigenvalue weighted by Crippen LogP contribution is 2.20.